The minimum atomic E-state index is 0.413. The molecule has 0 aliphatic rings. The molecule has 0 fully saturated rings. The first kappa shape index (κ1) is 9.37. The van der Waals surface area contributed by atoms with E-state index in [0.717, 1.165) is 6.61 Å². The van der Waals surface area contributed by atoms with Crippen molar-refractivity contribution in [3.05, 3.63) is 41.6 Å². The SMILES string of the molecule is CCO/C=C/[Se]c1ccccc1. The van der Waals surface area contributed by atoms with E-state index >= 15 is 0 Å². The fourth-order valence-electron chi connectivity index (χ4n) is 0.741. The second-order valence-corrected chi connectivity index (χ2v) is 4.21. The van der Waals surface area contributed by atoms with Crippen LogP contribution >= 0.6 is 0 Å². The van der Waals surface area contributed by atoms with E-state index in [2.05, 4.69) is 29.2 Å². The number of benzene rings is 1. The zero-order valence-electron chi connectivity index (χ0n) is 7.07. The molecular formula is C10H12OSe. The third-order valence-corrected chi connectivity index (χ3v) is 2.93. The van der Waals surface area contributed by atoms with Gasteiger partial charge in [0.05, 0.1) is 0 Å². The van der Waals surface area contributed by atoms with Gasteiger partial charge >= 0.3 is 79.3 Å². The Morgan fingerprint density at radius 3 is 2.75 bits per heavy atom. The molecule has 12 heavy (non-hydrogen) atoms. The van der Waals surface area contributed by atoms with Crippen LogP contribution < -0.4 is 4.46 Å². The molecule has 2 heteroatoms. The van der Waals surface area contributed by atoms with Crippen molar-refractivity contribution in [2.24, 2.45) is 0 Å². The monoisotopic (exact) mass is 228 g/mol. The first-order valence-corrected chi connectivity index (χ1v) is 5.76. The molecule has 0 radical (unpaired) electrons. The molecule has 1 aromatic carbocycles. The van der Waals surface area contributed by atoms with Gasteiger partial charge in [-0.3, -0.25) is 0 Å². The van der Waals surface area contributed by atoms with E-state index in [1.54, 1.807) is 6.26 Å². The number of hydrogen-bond acceptors (Lipinski definition) is 1. The van der Waals surface area contributed by atoms with E-state index in [1.807, 2.05) is 13.0 Å². The predicted octanol–water partition coefficient (Wildman–Crippen LogP) is 1.52. The topological polar surface area (TPSA) is 9.23 Å². The Balaban J connectivity index is 2.33. The average molecular weight is 227 g/mol. The minimum absolute atomic E-state index is 0.413. The fraction of sp³-hybridized carbons (Fsp3) is 0.200. The van der Waals surface area contributed by atoms with Crippen molar-refractivity contribution in [2.75, 3.05) is 6.61 Å². The molecular weight excluding hydrogens is 215 g/mol. The van der Waals surface area contributed by atoms with Crippen LogP contribution in [0.1, 0.15) is 6.92 Å². The molecule has 1 aromatic rings. The van der Waals surface area contributed by atoms with Crippen molar-refractivity contribution < 1.29 is 4.74 Å². The molecule has 0 aromatic heterocycles. The molecule has 0 spiro atoms. The molecule has 0 heterocycles. The van der Waals surface area contributed by atoms with E-state index in [9.17, 15) is 0 Å². The standard InChI is InChI=1S/C10H12OSe/c1-2-11-8-9-12-10-6-4-3-5-7-10/h3-9H,2H2,1H3/b9-8+. The Morgan fingerprint density at radius 1 is 1.33 bits per heavy atom. The maximum absolute atomic E-state index is 5.09. The quantitative estimate of drug-likeness (QED) is 0.559. The average Bonchev–Trinajstić information content (AvgIpc) is 2.14. The van der Waals surface area contributed by atoms with Gasteiger partial charge in [-0.2, -0.15) is 0 Å². The second kappa shape index (κ2) is 5.87. The summed E-state index contributed by atoms with van der Waals surface area (Å²) in [7, 11) is 0. The van der Waals surface area contributed by atoms with Crippen LogP contribution in [0.15, 0.2) is 41.6 Å². The molecule has 0 bridgehead atoms. The van der Waals surface area contributed by atoms with Gasteiger partial charge < -0.3 is 0 Å². The van der Waals surface area contributed by atoms with E-state index in [-0.39, 0.29) is 0 Å². The van der Waals surface area contributed by atoms with Crippen LogP contribution in [0, 0.1) is 0 Å². The van der Waals surface area contributed by atoms with Crippen LogP contribution in [0.25, 0.3) is 0 Å². The van der Waals surface area contributed by atoms with Crippen molar-refractivity contribution in [2.45, 2.75) is 6.92 Å². The molecule has 1 rings (SSSR count). The molecule has 0 amide bonds. The number of hydrogen-bond donors (Lipinski definition) is 0. The molecule has 0 aliphatic carbocycles. The summed E-state index contributed by atoms with van der Waals surface area (Å²) in [4.78, 5) is 2.09. The zero-order valence-corrected chi connectivity index (χ0v) is 8.78. The van der Waals surface area contributed by atoms with Gasteiger partial charge in [-0.25, -0.2) is 0 Å². The first-order chi connectivity index (χ1) is 5.93. The van der Waals surface area contributed by atoms with Crippen molar-refractivity contribution in [3.8, 4) is 0 Å². The number of rotatable bonds is 4. The van der Waals surface area contributed by atoms with Crippen molar-refractivity contribution in [1.82, 2.24) is 0 Å². The van der Waals surface area contributed by atoms with Gasteiger partial charge in [0.2, 0.25) is 0 Å². The third kappa shape index (κ3) is 3.61. The molecule has 0 N–H and O–H groups in total. The Bertz CT molecular complexity index is 231. The summed E-state index contributed by atoms with van der Waals surface area (Å²) < 4.78 is 6.47. The van der Waals surface area contributed by atoms with Crippen LogP contribution in [0.2, 0.25) is 0 Å². The van der Waals surface area contributed by atoms with Crippen molar-refractivity contribution in [1.29, 1.82) is 0 Å². The summed E-state index contributed by atoms with van der Waals surface area (Å²) in [5.41, 5.74) is 0. The summed E-state index contributed by atoms with van der Waals surface area (Å²) in [6.07, 6.45) is 1.78. The van der Waals surface area contributed by atoms with Gasteiger partial charge in [-0.15, -0.1) is 0 Å². The van der Waals surface area contributed by atoms with Gasteiger partial charge in [0, 0.05) is 0 Å². The normalized spacial score (nSPS) is 10.4. The van der Waals surface area contributed by atoms with E-state index in [4.69, 9.17) is 4.74 Å². The first-order valence-electron chi connectivity index (χ1n) is 3.92. The predicted molar refractivity (Wildman–Crippen MR) is 52.6 cm³/mol. The van der Waals surface area contributed by atoms with Crippen molar-refractivity contribution >= 4 is 19.4 Å². The van der Waals surface area contributed by atoms with Crippen molar-refractivity contribution in [3.63, 3.8) is 0 Å². The summed E-state index contributed by atoms with van der Waals surface area (Å²) in [5.74, 6) is 0. The molecule has 0 saturated carbocycles. The van der Waals surface area contributed by atoms with Crippen LogP contribution in [0.4, 0.5) is 0 Å². The molecule has 0 aliphatic heterocycles. The summed E-state index contributed by atoms with van der Waals surface area (Å²) in [6, 6.07) is 10.4. The van der Waals surface area contributed by atoms with Crippen LogP contribution in [-0.4, -0.2) is 21.6 Å². The van der Waals surface area contributed by atoms with E-state index in [0.29, 0.717) is 15.0 Å². The summed E-state index contributed by atoms with van der Waals surface area (Å²) >= 11 is 0.413. The maximum atomic E-state index is 5.09. The molecule has 1 nitrogen and oxygen atoms in total. The van der Waals surface area contributed by atoms with Gasteiger partial charge in [-0.05, 0) is 0 Å². The fourth-order valence-corrected chi connectivity index (χ4v) is 2.01. The summed E-state index contributed by atoms with van der Waals surface area (Å²) in [5, 5.41) is 0. The zero-order chi connectivity index (χ0) is 8.65. The Hall–Kier alpha value is -0.721. The van der Waals surface area contributed by atoms with E-state index < -0.39 is 0 Å². The van der Waals surface area contributed by atoms with Crippen LogP contribution in [-0.2, 0) is 4.74 Å². The molecule has 0 saturated heterocycles. The van der Waals surface area contributed by atoms with E-state index in [1.165, 1.54) is 4.46 Å². The number of ether oxygens (including phenoxy) is 1. The summed E-state index contributed by atoms with van der Waals surface area (Å²) in [6.45, 7) is 2.74. The third-order valence-electron chi connectivity index (χ3n) is 1.27. The van der Waals surface area contributed by atoms with Gasteiger partial charge in [0.25, 0.3) is 0 Å². The molecule has 0 atom stereocenters. The van der Waals surface area contributed by atoms with Gasteiger partial charge in [0.15, 0.2) is 0 Å². The Morgan fingerprint density at radius 2 is 2.08 bits per heavy atom. The van der Waals surface area contributed by atoms with Crippen LogP contribution in [0.5, 0.6) is 0 Å². The molecule has 0 unspecified atom stereocenters. The van der Waals surface area contributed by atoms with Gasteiger partial charge in [-0.1, -0.05) is 0 Å². The second-order valence-electron chi connectivity index (χ2n) is 2.16. The molecule has 64 valence electrons. The Kier molecular flexibility index (Phi) is 4.58. The van der Waals surface area contributed by atoms with Crippen LogP contribution in [0.3, 0.4) is 0 Å². The Labute approximate surface area is 79.6 Å². The van der Waals surface area contributed by atoms with Gasteiger partial charge in [0.1, 0.15) is 0 Å².